The van der Waals surface area contributed by atoms with Crippen LogP contribution in [-0.4, -0.2) is 81.0 Å². The summed E-state index contributed by atoms with van der Waals surface area (Å²) in [6, 6.07) is 4.26. The molecule has 0 amide bonds. The van der Waals surface area contributed by atoms with Crippen LogP contribution in [0.15, 0.2) is 18.5 Å². The predicted octanol–water partition coefficient (Wildman–Crippen LogP) is 1.01. The van der Waals surface area contributed by atoms with E-state index in [0.29, 0.717) is 13.1 Å². The van der Waals surface area contributed by atoms with Gasteiger partial charge in [-0.3, -0.25) is 9.80 Å². The van der Waals surface area contributed by atoms with Crippen LogP contribution in [0.25, 0.3) is 11.0 Å². The molecule has 0 unspecified atom stereocenters. The molecule has 0 radical (unpaired) electrons. The number of nitrogens with zero attached hydrogens (tertiary/aromatic N) is 4. The van der Waals surface area contributed by atoms with Crippen molar-refractivity contribution < 1.29 is 10.2 Å². The Morgan fingerprint density at radius 2 is 1.56 bits per heavy atom. The van der Waals surface area contributed by atoms with Crippen LogP contribution in [0.5, 0.6) is 0 Å². The largest absolute Gasteiger partial charge is 0.392 e. The van der Waals surface area contributed by atoms with Gasteiger partial charge in [-0.2, -0.15) is 0 Å². The number of aryl methyl sites for hydroxylation is 2. The van der Waals surface area contributed by atoms with Crippen molar-refractivity contribution in [2.75, 3.05) is 39.3 Å². The molecule has 3 rings (SSSR count). The number of fused-ring (bicyclic) bond motifs is 1. The first-order valence-corrected chi connectivity index (χ1v) is 9.15. The number of hydrogen-bond acceptors (Lipinski definition) is 5. The molecule has 6 nitrogen and oxygen atoms in total. The average molecular weight is 346 g/mol. The molecule has 2 aromatic rings. The smallest absolute Gasteiger partial charge is 0.0959 e. The number of hydrogen-bond donors (Lipinski definition) is 2. The van der Waals surface area contributed by atoms with E-state index in [0.717, 1.165) is 43.8 Å². The summed E-state index contributed by atoms with van der Waals surface area (Å²) < 4.78 is 2.05. The summed E-state index contributed by atoms with van der Waals surface area (Å²) in [5.74, 6) is 0. The lowest BCUT2D eigenvalue weighted by molar-refractivity contribution is 0.0481. The van der Waals surface area contributed by atoms with E-state index in [-0.39, 0.29) is 6.10 Å². The molecule has 6 heteroatoms. The molecular formula is C19H30N4O2. The maximum atomic E-state index is 10.5. The minimum atomic E-state index is -0.415. The van der Waals surface area contributed by atoms with E-state index in [4.69, 9.17) is 0 Å². The van der Waals surface area contributed by atoms with E-state index in [1.54, 1.807) is 0 Å². The lowest BCUT2D eigenvalue weighted by atomic mass is 10.1. The summed E-state index contributed by atoms with van der Waals surface area (Å²) in [6.07, 6.45) is 1.13. The first-order chi connectivity index (χ1) is 11.9. The van der Waals surface area contributed by atoms with Crippen molar-refractivity contribution in [1.82, 2.24) is 19.4 Å². The molecule has 0 saturated carbocycles. The summed E-state index contributed by atoms with van der Waals surface area (Å²) in [4.78, 5) is 9.05. The third-order valence-corrected chi connectivity index (χ3v) is 5.10. The van der Waals surface area contributed by atoms with Crippen LogP contribution in [0.4, 0.5) is 0 Å². The Labute approximate surface area is 149 Å². The van der Waals surface area contributed by atoms with Gasteiger partial charge in [-0.25, -0.2) is 4.98 Å². The van der Waals surface area contributed by atoms with E-state index in [1.165, 1.54) is 11.1 Å². The molecule has 1 fully saturated rings. The first kappa shape index (κ1) is 18.3. The van der Waals surface area contributed by atoms with Gasteiger partial charge in [0.05, 0.1) is 36.1 Å². The summed E-state index contributed by atoms with van der Waals surface area (Å²) in [5, 5.41) is 20.0. The van der Waals surface area contributed by atoms with Crippen LogP contribution in [0.3, 0.4) is 0 Å². The molecule has 1 saturated heterocycles. The van der Waals surface area contributed by atoms with Gasteiger partial charge in [-0.15, -0.1) is 0 Å². The van der Waals surface area contributed by atoms with E-state index in [1.807, 2.05) is 13.3 Å². The van der Waals surface area contributed by atoms with Crippen molar-refractivity contribution in [3.05, 3.63) is 29.6 Å². The molecule has 0 aliphatic carbocycles. The van der Waals surface area contributed by atoms with Crippen LogP contribution in [0.2, 0.25) is 0 Å². The van der Waals surface area contributed by atoms with Gasteiger partial charge >= 0.3 is 0 Å². The van der Waals surface area contributed by atoms with Gasteiger partial charge in [0, 0.05) is 39.3 Å². The molecule has 2 heterocycles. The van der Waals surface area contributed by atoms with Crippen LogP contribution >= 0.6 is 0 Å². The first-order valence-electron chi connectivity index (χ1n) is 9.15. The summed E-state index contributed by atoms with van der Waals surface area (Å²) in [7, 11) is 0. The van der Waals surface area contributed by atoms with E-state index >= 15 is 0 Å². The Balaban J connectivity index is 1.55. The zero-order valence-corrected chi connectivity index (χ0v) is 15.5. The second kappa shape index (κ2) is 7.83. The fourth-order valence-electron chi connectivity index (χ4n) is 3.57. The van der Waals surface area contributed by atoms with Crippen molar-refractivity contribution in [3.63, 3.8) is 0 Å². The Hall–Kier alpha value is -1.47. The number of β-amino-alcohol motifs (C(OH)–C–C–N with tert-alkyl or cyclic N) is 2. The van der Waals surface area contributed by atoms with Crippen LogP contribution in [-0.2, 0) is 6.54 Å². The zero-order chi connectivity index (χ0) is 18.0. The number of aromatic nitrogens is 2. The number of aliphatic hydroxyl groups excluding tert-OH is 2. The van der Waals surface area contributed by atoms with Gasteiger partial charge in [-0.05, 0) is 44.0 Å². The monoisotopic (exact) mass is 346 g/mol. The molecule has 25 heavy (non-hydrogen) atoms. The molecule has 2 N–H and O–H groups in total. The lowest BCUT2D eigenvalue weighted by Gasteiger charge is -2.36. The molecule has 0 bridgehead atoms. The number of imidazole rings is 1. The van der Waals surface area contributed by atoms with Crippen molar-refractivity contribution in [2.45, 2.75) is 39.5 Å². The fourth-order valence-corrected chi connectivity index (χ4v) is 3.57. The minimum absolute atomic E-state index is 0.279. The van der Waals surface area contributed by atoms with Gasteiger partial charge in [0.2, 0.25) is 0 Å². The summed E-state index contributed by atoms with van der Waals surface area (Å²) in [5.41, 5.74) is 4.57. The average Bonchev–Trinajstić information content (AvgIpc) is 2.91. The number of rotatable bonds is 6. The summed E-state index contributed by atoms with van der Waals surface area (Å²) >= 11 is 0. The minimum Gasteiger partial charge on any atom is -0.392 e. The molecule has 2 atom stereocenters. The summed E-state index contributed by atoms with van der Waals surface area (Å²) in [6.45, 7) is 11.8. The quantitative estimate of drug-likeness (QED) is 0.817. The van der Waals surface area contributed by atoms with Gasteiger partial charge < -0.3 is 14.8 Å². The van der Waals surface area contributed by atoms with E-state index in [2.05, 4.69) is 45.3 Å². The zero-order valence-electron chi connectivity index (χ0n) is 15.5. The lowest BCUT2D eigenvalue weighted by Crippen LogP contribution is -2.50. The standard InChI is InChI=1S/C19H30N4O2/c1-14-8-18-19(9-15(14)2)23(13-20-18)12-17(25)11-22-6-4-21(5-7-22)10-16(3)24/h8-9,13,16-17,24-25H,4-7,10-12H2,1-3H3/t16-,17+/m0/s1. The van der Waals surface area contributed by atoms with Gasteiger partial charge in [0.1, 0.15) is 0 Å². The van der Waals surface area contributed by atoms with Crippen LogP contribution < -0.4 is 0 Å². The molecule has 1 aliphatic heterocycles. The van der Waals surface area contributed by atoms with Gasteiger partial charge in [-0.1, -0.05) is 0 Å². The van der Waals surface area contributed by atoms with Gasteiger partial charge in [0.25, 0.3) is 0 Å². The number of piperazine rings is 1. The molecule has 138 valence electrons. The second-order valence-electron chi connectivity index (χ2n) is 7.43. The van der Waals surface area contributed by atoms with Gasteiger partial charge in [0.15, 0.2) is 0 Å². The maximum Gasteiger partial charge on any atom is 0.0959 e. The normalized spacial score (nSPS) is 19.4. The topological polar surface area (TPSA) is 64.8 Å². The number of benzene rings is 1. The SMILES string of the molecule is Cc1cc2ncn(C[C@H](O)CN3CCN(C[C@H](C)O)CC3)c2cc1C. The highest BCUT2D eigenvalue weighted by Crippen LogP contribution is 2.19. The van der Waals surface area contributed by atoms with Crippen molar-refractivity contribution in [2.24, 2.45) is 0 Å². The third kappa shape index (κ3) is 4.58. The Morgan fingerprint density at radius 1 is 0.960 bits per heavy atom. The molecule has 0 spiro atoms. The van der Waals surface area contributed by atoms with Crippen LogP contribution in [0.1, 0.15) is 18.1 Å². The highest BCUT2D eigenvalue weighted by molar-refractivity contribution is 5.77. The molecule has 1 aliphatic rings. The number of aliphatic hydroxyl groups is 2. The van der Waals surface area contributed by atoms with Crippen molar-refractivity contribution in [1.29, 1.82) is 0 Å². The van der Waals surface area contributed by atoms with E-state index in [9.17, 15) is 10.2 Å². The van der Waals surface area contributed by atoms with Crippen LogP contribution in [0, 0.1) is 13.8 Å². The van der Waals surface area contributed by atoms with E-state index < -0.39 is 6.10 Å². The Bertz CT molecular complexity index is 705. The Morgan fingerprint density at radius 3 is 2.20 bits per heavy atom. The third-order valence-electron chi connectivity index (χ3n) is 5.10. The predicted molar refractivity (Wildman–Crippen MR) is 99.8 cm³/mol. The second-order valence-corrected chi connectivity index (χ2v) is 7.43. The molecule has 1 aromatic carbocycles. The molecular weight excluding hydrogens is 316 g/mol. The molecule has 1 aromatic heterocycles. The maximum absolute atomic E-state index is 10.5. The van der Waals surface area contributed by atoms with Crippen molar-refractivity contribution >= 4 is 11.0 Å². The Kier molecular flexibility index (Phi) is 5.74. The highest BCUT2D eigenvalue weighted by atomic mass is 16.3. The highest BCUT2D eigenvalue weighted by Gasteiger charge is 2.20. The fraction of sp³-hybridized carbons (Fsp3) is 0.632. The van der Waals surface area contributed by atoms with Crippen molar-refractivity contribution in [3.8, 4) is 0 Å².